The van der Waals surface area contributed by atoms with Gasteiger partial charge in [-0.1, -0.05) is 17.7 Å². The van der Waals surface area contributed by atoms with Gasteiger partial charge < -0.3 is 4.79 Å². The molecule has 1 aliphatic heterocycles. The Morgan fingerprint density at radius 3 is 2.79 bits per heavy atom. The maximum Gasteiger partial charge on any atom is 0.179 e. The molecule has 74 valence electrons. The third kappa shape index (κ3) is 1.26. The SMILES string of the molecule is O=CC1CS(=O)(=O)c2cccc(Cl)c21. The molecule has 1 aromatic carbocycles. The van der Waals surface area contributed by atoms with Gasteiger partial charge >= 0.3 is 0 Å². The highest BCUT2D eigenvalue weighted by Crippen LogP contribution is 2.38. The van der Waals surface area contributed by atoms with Crippen molar-refractivity contribution >= 4 is 27.7 Å². The fraction of sp³-hybridized carbons (Fsp3) is 0.222. The van der Waals surface area contributed by atoms with Gasteiger partial charge in [0.05, 0.1) is 16.6 Å². The Kier molecular flexibility index (Phi) is 2.12. The standard InChI is InChI=1S/C9H7ClO3S/c10-7-2-1-3-8-9(7)6(4-11)5-14(8,12)13/h1-4,6H,5H2. The highest BCUT2D eigenvalue weighted by molar-refractivity contribution is 7.91. The zero-order valence-corrected chi connectivity index (χ0v) is 8.68. The Morgan fingerprint density at radius 2 is 2.14 bits per heavy atom. The molecule has 3 nitrogen and oxygen atoms in total. The van der Waals surface area contributed by atoms with E-state index in [0.717, 1.165) is 0 Å². The maximum absolute atomic E-state index is 11.6. The van der Waals surface area contributed by atoms with Crippen molar-refractivity contribution in [2.75, 3.05) is 5.75 Å². The number of fused-ring (bicyclic) bond motifs is 1. The van der Waals surface area contributed by atoms with Crippen LogP contribution in [0.5, 0.6) is 0 Å². The van der Waals surface area contributed by atoms with Crippen LogP contribution in [-0.4, -0.2) is 20.5 Å². The number of halogens is 1. The van der Waals surface area contributed by atoms with Crippen molar-refractivity contribution in [2.24, 2.45) is 0 Å². The van der Waals surface area contributed by atoms with Gasteiger partial charge in [0.15, 0.2) is 9.84 Å². The van der Waals surface area contributed by atoms with E-state index in [1.54, 1.807) is 12.1 Å². The van der Waals surface area contributed by atoms with Crippen LogP contribution >= 0.6 is 11.6 Å². The van der Waals surface area contributed by atoms with Crippen LogP contribution in [0.25, 0.3) is 0 Å². The number of rotatable bonds is 1. The molecule has 0 N–H and O–H groups in total. The average molecular weight is 231 g/mol. The maximum atomic E-state index is 11.6. The zero-order chi connectivity index (χ0) is 10.3. The van der Waals surface area contributed by atoms with E-state index < -0.39 is 15.8 Å². The van der Waals surface area contributed by atoms with Crippen LogP contribution in [0.15, 0.2) is 23.1 Å². The molecule has 0 aliphatic carbocycles. The highest BCUT2D eigenvalue weighted by atomic mass is 35.5. The second-order valence-corrected chi connectivity index (χ2v) is 5.59. The van der Waals surface area contributed by atoms with Crippen LogP contribution in [0.3, 0.4) is 0 Å². The minimum atomic E-state index is -3.31. The predicted molar refractivity (Wildman–Crippen MR) is 52.3 cm³/mol. The lowest BCUT2D eigenvalue weighted by atomic mass is 10.0. The number of carbonyl (C=O) groups excluding carboxylic acids is 1. The summed E-state index contributed by atoms with van der Waals surface area (Å²) in [6.07, 6.45) is 0.634. The van der Waals surface area contributed by atoms with Crippen molar-refractivity contribution in [1.29, 1.82) is 0 Å². The summed E-state index contributed by atoms with van der Waals surface area (Å²) < 4.78 is 23.1. The third-order valence-corrected chi connectivity index (χ3v) is 4.44. The van der Waals surface area contributed by atoms with Gasteiger partial charge in [-0.2, -0.15) is 0 Å². The molecular formula is C9H7ClO3S. The monoisotopic (exact) mass is 230 g/mol. The number of aldehydes is 1. The molecule has 0 fully saturated rings. The van der Waals surface area contributed by atoms with E-state index in [2.05, 4.69) is 0 Å². The van der Waals surface area contributed by atoms with E-state index in [4.69, 9.17) is 11.6 Å². The number of carbonyl (C=O) groups is 1. The second-order valence-electron chi connectivity index (χ2n) is 3.18. The molecule has 1 aliphatic rings. The molecule has 14 heavy (non-hydrogen) atoms. The van der Waals surface area contributed by atoms with Crippen LogP contribution in [-0.2, 0) is 14.6 Å². The molecule has 0 radical (unpaired) electrons. The van der Waals surface area contributed by atoms with E-state index in [1.807, 2.05) is 0 Å². The average Bonchev–Trinajstić information content (AvgIpc) is 2.40. The summed E-state index contributed by atoms with van der Waals surface area (Å²) in [7, 11) is -3.31. The second kappa shape index (κ2) is 3.07. The van der Waals surface area contributed by atoms with Crippen molar-refractivity contribution in [2.45, 2.75) is 10.8 Å². The fourth-order valence-corrected chi connectivity index (χ4v) is 3.82. The van der Waals surface area contributed by atoms with Gasteiger partial charge in [-0.15, -0.1) is 0 Å². The zero-order valence-electron chi connectivity index (χ0n) is 7.10. The van der Waals surface area contributed by atoms with Crippen molar-refractivity contribution in [1.82, 2.24) is 0 Å². The third-order valence-electron chi connectivity index (χ3n) is 2.28. The summed E-state index contributed by atoms with van der Waals surface area (Å²) in [5.74, 6) is -0.765. The van der Waals surface area contributed by atoms with E-state index in [-0.39, 0.29) is 10.6 Å². The lowest BCUT2D eigenvalue weighted by Crippen LogP contribution is -2.04. The molecule has 5 heteroatoms. The number of benzene rings is 1. The van der Waals surface area contributed by atoms with E-state index in [0.29, 0.717) is 16.9 Å². The van der Waals surface area contributed by atoms with Gasteiger partial charge in [-0.3, -0.25) is 0 Å². The first-order valence-electron chi connectivity index (χ1n) is 4.03. The van der Waals surface area contributed by atoms with Gasteiger partial charge in [-0.05, 0) is 12.1 Å². The van der Waals surface area contributed by atoms with Crippen LogP contribution in [0.4, 0.5) is 0 Å². The minimum absolute atomic E-state index is 0.157. The molecule has 2 rings (SSSR count). The molecule has 1 unspecified atom stereocenters. The Labute approximate surface area is 86.6 Å². The molecule has 0 aromatic heterocycles. The van der Waals surface area contributed by atoms with Gasteiger partial charge in [-0.25, -0.2) is 8.42 Å². The first-order chi connectivity index (χ1) is 6.56. The molecule has 1 atom stereocenters. The van der Waals surface area contributed by atoms with Crippen molar-refractivity contribution in [3.05, 3.63) is 28.8 Å². The normalized spacial score (nSPS) is 23.1. The van der Waals surface area contributed by atoms with Crippen molar-refractivity contribution < 1.29 is 13.2 Å². The Bertz CT molecular complexity index is 493. The number of hydrogen-bond acceptors (Lipinski definition) is 3. The molecule has 0 bridgehead atoms. The Hall–Kier alpha value is -0.870. The van der Waals surface area contributed by atoms with Gasteiger partial charge in [0.1, 0.15) is 6.29 Å². The summed E-state index contributed by atoms with van der Waals surface area (Å²) in [4.78, 5) is 10.9. The number of sulfone groups is 1. The van der Waals surface area contributed by atoms with Gasteiger partial charge in [0, 0.05) is 10.6 Å². The summed E-state index contributed by atoms with van der Waals surface area (Å²) in [6, 6.07) is 4.66. The largest absolute Gasteiger partial charge is 0.303 e. The molecule has 1 aromatic rings. The van der Waals surface area contributed by atoms with Crippen LogP contribution in [0.2, 0.25) is 5.02 Å². The topological polar surface area (TPSA) is 51.2 Å². The molecular weight excluding hydrogens is 224 g/mol. The first kappa shape index (κ1) is 9.68. The molecule has 0 spiro atoms. The van der Waals surface area contributed by atoms with Crippen LogP contribution < -0.4 is 0 Å². The molecule has 0 saturated carbocycles. The smallest absolute Gasteiger partial charge is 0.179 e. The predicted octanol–water partition coefficient (Wildman–Crippen LogP) is 1.41. The minimum Gasteiger partial charge on any atom is -0.303 e. The summed E-state index contributed by atoms with van der Waals surface area (Å²) >= 11 is 5.85. The van der Waals surface area contributed by atoms with E-state index in [1.165, 1.54) is 6.07 Å². The summed E-state index contributed by atoms with van der Waals surface area (Å²) in [6.45, 7) is 0. The fourth-order valence-electron chi connectivity index (χ4n) is 1.67. The van der Waals surface area contributed by atoms with E-state index >= 15 is 0 Å². The van der Waals surface area contributed by atoms with Crippen LogP contribution in [0.1, 0.15) is 11.5 Å². The van der Waals surface area contributed by atoms with Crippen molar-refractivity contribution in [3.8, 4) is 0 Å². The van der Waals surface area contributed by atoms with Gasteiger partial charge in [0.25, 0.3) is 0 Å². The van der Waals surface area contributed by atoms with E-state index in [9.17, 15) is 13.2 Å². The lowest BCUT2D eigenvalue weighted by molar-refractivity contribution is -0.108. The lowest BCUT2D eigenvalue weighted by Gasteiger charge is -2.02. The summed E-state index contributed by atoms with van der Waals surface area (Å²) in [5.41, 5.74) is 0.448. The number of hydrogen-bond donors (Lipinski definition) is 0. The molecule has 1 heterocycles. The first-order valence-corrected chi connectivity index (χ1v) is 6.06. The quantitative estimate of drug-likeness (QED) is 0.686. The molecule has 0 saturated heterocycles. The summed E-state index contributed by atoms with van der Waals surface area (Å²) in [5, 5.41) is 0.348. The highest BCUT2D eigenvalue weighted by Gasteiger charge is 2.35. The molecule has 0 amide bonds. The Balaban J connectivity index is 2.77. The van der Waals surface area contributed by atoms with Gasteiger partial charge in [0.2, 0.25) is 0 Å². The van der Waals surface area contributed by atoms with Crippen molar-refractivity contribution in [3.63, 3.8) is 0 Å². The Morgan fingerprint density at radius 1 is 1.43 bits per heavy atom. The van der Waals surface area contributed by atoms with Crippen LogP contribution in [0, 0.1) is 0 Å².